The number of nitrogens with one attached hydrogen (secondary N) is 3. The maximum absolute atomic E-state index is 11.9. The first-order chi connectivity index (χ1) is 10.1. The van der Waals surface area contributed by atoms with Gasteiger partial charge in [0, 0.05) is 19.2 Å². The van der Waals surface area contributed by atoms with E-state index >= 15 is 0 Å². The molecule has 22 heavy (non-hydrogen) atoms. The van der Waals surface area contributed by atoms with Gasteiger partial charge in [0.2, 0.25) is 5.91 Å². The molecule has 0 aromatic heterocycles. The Hall–Kier alpha value is -1.30. The zero-order valence-corrected chi connectivity index (χ0v) is 14.0. The molecule has 0 spiro atoms. The van der Waals surface area contributed by atoms with Crippen molar-refractivity contribution >= 4 is 41.5 Å². The average molecular weight is 346 g/mol. The first-order valence-corrected chi connectivity index (χ1v) is 7.50. The Balaban J connectivity index is 0.00000242. The Morgan fingerprint density at radius 3 is 2.77 bits per heavy atom. The third kappa shape index (κ3) is 5.16. The molecular formula is C15H21Cl2N3O2. The standard InChI is InChI=1S/C15H20ClN3O2.ClH/c1-17-15(21)12-4-3-11(8-13(12)16)19-14(20)5-2-10-6-7-18-9-10;/h3-4,8,10,18H,2,5-7,9H2,1H3,(H,17,21)(H,19,20);1H. The van der Waals surface area contributed by atoms with Crippen LogP contribution in [0.5, 0.6) is 0 Å². The van der Waals surface area contributed by atoms with Crippen LogP contribution in [0.2, 0.25) is 5.02 Å². The fourth-order valence-electron chi connectivity index (χ4n) is 2.43. The van der Waals surface area contributed by atoms with E-state index in [4.69, 9.17) is 11.6 Å². The number of anilines is 1. The molecule has 0 aliphatic carbocycles. The van der Waals surface area contributed by atoms with Crippen molar-refractivity contribution in [2.45, 2.75) is 19.3 Å². The Morgan fingerprint density at radius 2 is 2.18 bits per heavy atom. The molecule has 0 bridgehead atoms. The molecule has 1 aromatic carbocycles. The second kappa shape index (κ2) is 8.98. The molecule has 1 fully saturated rings. The maximum atomic E-state index is 11.9. The smallest absolute Gasteiger partial charge is 0.252 e. The van der Waals surface area contributed by atoms with Crippen LogP contribution in [-0.4, -0.2) is 32.0 Å². The SMILES string of the molecule is CNC(=O)c1ccc(NC(=O)CCC2CCNC2)cc1Cl.Cl. The highest BCUT2D eigenvalue weighted by molar-refractivity contribution is 6.34. The molecule has 2 rings (SSSR count). The summed E-state index contributed by atoms with van der Waals surface area (Å²) in [5, 5.41) is 8.95. The van der Waals surface area contributed by atoms with E-state index in [1.54, 1.807) is 25.2 Å². The van der Waals surface area contributed by atoms with E-state index in [2.05, 4.69) is 16.0 Å². The zero-order chi connectivity index (χ0) is 15.2. The highest BCUT2D eigenvalue weighted by atomic mass is 35.5. The van der Waals surface area contributed by atoms with Gasteiger partial charge in [-0.05, 0) is 50.0 Å². The predicted molar refractivity (Wildman–Crippen MR) is 90.9 cm³/mol. The molecule has 1 aliphatic rings. The molecule has 2 amide bonds. The van der Waals surface area contributed by atoms with E-state index in [1.807, 2.05) is 0 Å². The van der Waals surface area contributed by atoms with Crippen LogP contribution in [0.1, 0.15) is 29.6 Å². The maximum Gasteiger partial charge on any atom is 0.252 e. The van der Waals surface area contributed by atoms with Crippen molar-refractivity contribution < 1.29 is 9.59 Å². The molecule has 1 aromatic rings. The fraction of sp³-hybridized carbons (Fsp3) is 0.467. The van der Waals surface area contributed by atoms with Gasteiger partial charge in [0.25, 0.3) is 5.91 Å². The molecule has 1 heterocycles. The topological polar surface area (TPSA) is 70.2 Å². The van der Waals surface area contributed by atoms with Crippen molar-refractivity contribution in [1.82, 2.24) is 10.6 Å². The lowest BCUT2D eigenvalue weighted by molar-refractivity contribution is -0.116. The highest BCUT2D eigenvalue weighted by Crippen LogP contribution is 2.21. The fourth-order valence-corrected chi connectivity index (χ4v) is 2.70. The molecule has 1 saturated heterocycles. The number of carbonyl (C=O) groups is 2. The number of hydrogen-bond acceptors (Lipinski definition) is 3. The largest absolute Gasteiger partial charge is 0.355 e. The average Bonchev–Trinajstić information content (AvgIpc) is 2.98. The van der Waals surface area contributed by atoms with Gasteiger partial charge in [0.1, 0.15) is 0 Å². The molecule has 1 aliphatic heterocycles. The molecule has 122 valence electrons. The first-order valence-electron chi connectivity index (χ1n) is 7.12. The van der Waals surface area contributed by atoms with Gasteiger partial charge in [-0.3, -0.25) is 9.59 Å². The van der Waals surface area contributed by atoms with Crippen molar-refractivity contribution in [2.24, 2.45) is 5.92 Å². The van der Waals surface area contributed by atoms with Gasteiger partial charge in [0.15, 0.2) is 0 Å². The summed E-state index contributed by atoms with van der Waals surface area (Å²) in [6.07, 6.45) is 2.53. The van der Waals surface area contributed by atoms with Gasteiger partial charge in [0.05, 0.1) is 10.6 Å². The van der Waals surface area contributed by atoms with Crippen molar-refractivity contribution in [3.8, 4) is 0 Å². The Morgan fingerprint density at radius 1 is 1.41 bits per heavy atom. The van der Waals surface area contributed by atoms with Crippen LogP contribution < -0.4 is 16.0 Å². The molecule has 1 atom stereocenters. The Labute approximate surface area is 141 Å². The first kappa shape index (κ1) is 18.7. The highest BCUT2D eigenvalue weighted by Gasteiger charge is 2.16. The van der Waals surface area contributed by atoms with Crippen LogP contribution in [0, 0.1) is 5.92 Å². The Kier molecular flexibility index (Phi) is 7.65. The van der Waals surface area contributed by atoms with Gasteiger partial charge in [-0.15, -0.1) is 12.4 Å². The summed E-state index contributed by atoms with van der Waals surface area (Å²) in [7, 11) is 1.55. The molecule has 3 N–H and O–H groups in total. The lowest BCUT2D eigenvalue weighted by Gasteiger charge is -2.10. The van der Waals surface area contributed by atoms with E-state index in [0.29, 0.717) is 28.6 Å². The molecule has 5 nitrogen and oxygen atoms in total. The van der Waals surface area contributed by atoms with E-state index < -0.39 is 0 Å². The molecule has 7 heteroatoms. The van der Waals surface area contributed by atoms with Gasteiger partial charge < -0.3 is 16.0 Å². The third-order valence-corrected chi connectivity index (χ3v) is 3.98. The summed E-state index contributed by atoms with van der Waals surface area (Å²) >= 11 is 6.05. The molecular weight excluding hydrogens is 325 g/mol. The van der Waals surface area contributed by atoms with E-state index in [9.17, 15) is 9.59 Å². The number of benzene rings is 1. The van der Waals surface area contributed by atoms with Crippen LogP contribution in [0.4, 0.5) is 5.69 Å². The van der Waals surface area contributed by atoms with Gasteiger partial charge in [-0.25, -0.2) is 0 Å². The van der Waals surface area contributed by atoms with Crippen LogP contribution in [-0.2, 0) is 4.79 Å². The van der Waals surface area contributed by atoms with Crippen molar-refractivity contribution in [3.63, 3.8) is 0 Å². The lowest BCUT2D eigenvalue weighted by Crippen LogP contribution is -2.18. The van der Waals surface area contributed by atoms with Crippen LogP contribution in [0.15, 0.2) is 18.2 Å². The Bertz CT molecular complexity index is 532. The number of rotatable bonds is 5. The summed E-state index contributed by atoms with van der Waals surface area (Å²) in [6.45, 7) is 2.04. The van der Waals surface area contributed by atoms with Crippen molar-refractivity contribution in [2.75, 3.05) is 25.5 Å². The molecule has 1 unspecified atom stereocenters. The summed E-state index contributed by atoms with van der Waals surface area (Å²) in [4.78, 5) is 23.4. The minimum Gasteiger partial charge on any atom is -0.355 e. The number of halogens is 2. The summed E-state index contributed by atoms with van der Waals surface area (Å²) in [6, 6.07) is 4.89. The normalized spacial score (nSPS) is 16.7. The predicted octanol–water partition coefficient (Wildman–Crippen LogP) is 2.45. The van der Waals surface area contributed by atoms with Crippen LogP contribution in [0.3, 0.4) is 0 Å². The minimum atomic E-state index is -0.244. The van der Waals surface area contributed by atoms with Gasteiger partial charge >= 0.3 is 0 Å². The second-order valence-corrected chi connectivity index (χ2v) is 5.63. The van der Waals surface area contributed by atoms with Crippen LogP contribution >= 0.6 is 24.0 Å². The lowest BCUT2D eigenvalue weighted by atomic mass is 10.0. The monoisotopic (exact) mass is 345 g/mol. The van der Waals surface area contributed by atoms with E-state index in [0.717, 1.165) is 25.9 Å². The van der Waals surface area contributed by atoms with Crippen molar-refractivity contribution in [1.29, 1.82) is 0 Å². The summed E-state index contributed by atoms with van der Waals surface area (Å²) in [5.41, 5.74) is 1.01. The van der Waals surface area contributed by atoms with Crippen LogP contribution in [0.25, 0.3) is 0 Å². The molecule has 0 saturated carbocycles. The number of amides is 2. The number of hydrogen-bond donors (Lipinski definition) is 3. The van der Waals surface area contributed by atoms with Crippen molar-refractivity contribution in [3.05, 3.63) is 28.8 Å². The van der Waals surface area contributed by atoms with Gasteiger partial charge in [-0.1, -0.05) is 11.6 Å². The second-order valence-electron chi connectivity index (χ2n) is 5.22. The minimum absolute atomic E-state index is 0. The summed E-state index contributed by atoms with van der Waals surface area (Å²) in [5.74, 6) is 0.326. The molecule has 0 radical (unpaired) electrons. The van der Waals surface area contributed by atoms with Gasteiger partial charge in [-0.2, -0.15) is 0 Å². The van der Waals surface area contributed by atoms with E-state index in [1.165, 1.54) is 0 Å². The third-order valence-electron chi connectivity index (χ3n) is 3.67. The summed E-state index contributed by atoms with van der Waals surface area (Å²) < 4.78 is 0. The number of carbonyl (C=O) groups excluding carboxylic acids is 2. The quantitative estimate of drug-likeness (QED) is 0.767. The van der Waals surface area contributed by atoms with E-state index in [-0.39, 0.29) is 24.2 Å². The zero-order valence-electron chi connectivity index (χ0n) is 12.4.